The van der Waals surface area contributed by atoms with E-state index in [9.17, 15) is 18.0 Å². The highest BCUT2D eigenvalue weighted by Crippen LogP contribution is 2.41. The van der Waals surface area contributed by atoms with Gasteiger partial charge < -0.3 is 14.4 Å². The summed E-state index contributed by atoms with van der Waals surface area (Å²) in [5, 5.41) is -0.433. The average Bonchev–Trinajstić information content (AvgIpc) is 2.66. The van der Waals surface area contributed by atoms with Crippen LogP contribution in [0.15, 0.2) is 36.4 Å². The fourth-order valence-corrected chi connectivity index (χ4v) is 3.49. The van der Waals surface area contributed by atoms with Gasteiger partial charge in [0.1, 0.15) is 17.1 Å². The number of hydrogen-bond donors (Lipinski definition) is 0. The van der Waals surface area contributed by atoms with Crippen LogP contribution in [-0.2, 0) is 6.18 Å². The molecule has 1 unspecified atom stereocenters. The summed E-state index contributed by atoms with van der Waals surface area (Å²) in [6, 6.07) is 8.39. The SMILES string of the molecule is CCOc1cccc2c1C(=O)N(c1ccc(Cl)c(C(F)(F)F)c1)C(CCN(C)C)O2. The maximum Gasteiger partial charge on any atom is 0.417 e. The summed E-state index contributed by atoms with van der Waals surface area (Å²) < 4.78 is 51.8. The van der Waals surface area contributed by atoms with Crippen LogP contribution in [0.4, 0.5) is 18.9 Å². The van der Waals surface area contributed by atoms with E-state index in [2.05, 4.69) is 0 Å². The van der Waals surface area contributed by atoms with Crippen molar-refractivity contribution in [2.24, 2.45) is 0 Å². The second-order valence-electron chi connectivity index (χ2n) is 7.06. The molecule has 162 valence electrons. The van der Waals surface area contributed by atoms with E-state index in [4.69, 9.17) is 21.1 Å². The number of carbonyl (C=O) groups excluding carboxylic acids is 1. The van der Waals surface area contributed by atoms with Gasteiger partial charge in [0.15, 0.2) is 6.23 Å². The van der Waals surface area contributed by atoms with E-state index in [-0.39, 0.29) is 11.3 Å². The molecule has 2 aromatic carbocycles. The van der Waals surface area contributed by atoms with Gasteiger partial charge in [0.25, 0.3) is 5.91 Å². The number of anilines is 1. The third-order valence-corrected chi connectivity index (χ3v) is 4.96. The number of halogens is 4. The lowest BCUT2D eigenvalue weighted by Gasteiger charge is -2.38. The minimum absolute atomic E-state index is 0.0532. The molecule has 0 aromatic heterocycles. The van der Waals surface area contributed by atoms with Crippen molar-refractivity contribution < 1.29 is 27.4 Å². The molecule has 0 radical (unpaired) electrons. The van der Waals surface area contributed by atoms with Crippen molar-refractivity contribution >= 4 is 23.2 Å². The number of benzene rings is 2. The molecule has 1 heterocycles. The van der Waals surface area contributed by atoms with Gasteiger partial charge in [0.05, 0.1) is 17.2 Å². The molecule has 3 rings (SSSR count). The van der Waals surface area contributed by atoms with Crippen molar-refractivity contribution in [3.05, 3.63) is 52.5 Å². The number of rotatable bonds is 6. The highest BCUT2D eigenvalue weighted by molar-refractivity contribution is 6.31. The first-order chi connectivity index (χ1) is 14.1. The van der Waals surface area contributed by atoms with E-state index in [1.54, 1.807) is 25.1 Å². The summed E-state index contributed by atoms with van der Waals surface area (Å²) in [6.45, 7) is 2.67. The van der Waals surface area contributed by atoms with Crippen molar-refractivity contribution in [2.75, 3.05) is 32.1 Å². The van der Waals surface area contributed by atoms with Crippen LogP contribution in [0.1, 0.15) is 29.3 Å². The van der Waals surface area contributed by atoms with Crippen molar-refractivity contribution in [1.29, 1.82) is 0 Å². The van der Waals surface area contributed by atoms with Gasteiger partial charge in [0, 0.05) is 18.7 Å². The predicted octanol–water partition coefficient (Wildman–Crippen LogP) is 5.07. The summed E-state index contributed by atoms with van der Waals surface area (Å²) in [7, 11) is 3.72. The molecule has 0 bridgehead atoms. The van der Waals surface area contributed by atoms with Gasteiger partial charge in [0.2, 0.25) is 0 Å². The van der Waals surface area contributed by atoms with Gasteiger partial charge >= 0.3 is 6.18 Å². The van der Waals surface area contributed by atoms with Gasteiger partial charge in [-0.1, -0.05) is 17.7 Å². The molecule has 30 heavy (non-hydrogen) atoms. The number of amides is 1. The predicted molar refractivity (Wildman–Crippen MR) is 108 cm³/mol. The Kier molecular flexibility index (Phi) is 6.47. The molecule has 5 nitrogen and oxygen atoms in total. The molecule has 9 heteroatoms. The molecule has 0 spiro atoms. The third-order valence-electron chi connectivity index (χ3n) is 4.63. The number of fused-ring (bicyclic) bond motifs is 1. The zero-order valence-electron chi connectivity index (χ0n) is 16.8. The Hall–Kier alpha value is -2.45. The third kappa shape index (κ3) is 4.49. The molecule has 1 aliphatic rings. The van der Waals surface area contributed by atoms with Crippen LogP contribution in [0, 0.1) is 0 Å². The molecule has 1 atom stereocenters. The number of ether oxygens (including phenoxy) is 2. The molecule has 0 aliphatic carbocycles. The fourth-order valence-electron chi connectivity index (χ4n) is 3.27. The van der Waals surface area contributed by atoms with Crippen molar-refractivity contribution in [3.8, 4) is 11.5 Å². The summed E-state index contributed by atoms with van der Waals surface area (Å²) >= 11 is 5.76. The molecule has 2 aromatic rings. The molecule has 0 fully saturated rings. The first-order valence-corrected chi connectivity index (χ1v) is 9.78. The Morgan fingerprint density at radius 3 is 2.60 bits per heavy atom. The minimum atomic E-state index is -4.65. The van der Waals surface area contributed by atoms with Crippen LogP contribution in [0.2, 0.25) is 5.02 Å². The van der Waals surface area contributed by atoms with Gasteiger partial charge in [-0.25, -0.2) is 0 Å². The highest BCUT2D eigenvalue weighted by atomic mass is 35.5. The number of nitrogens with zero attached hydrogens (tertiary/aromatic N) is 2. The number of carbonyl (C=O) groups is 1. The monoisotopic (exact) mass is 442 g/mol. The second-order valence-corrected chi connectivity index (χ2v) is 7.47. The maximum atomic E-state index is 13.5. The molecule has 0 saturated heterocycles. The van der Waals surface area contributed by atoms with E-state index in [0.717, 1.165) is 12.1 Å². The Bertz CT molecular complexity index is 934. The molecule has 0 saturated carbocycles. The second kappa shape index (κ2) is 8.73. The highest BCUT2D eigenvalue weighted by Gasteiger charge is 2.39. The summed E-state index contributed by atoms with van der Waals surface area (Å²) in [6.07, 6.45) is -5.05. The smallest absolute Gasteiger partial charge is 0.417 e. The maximum absolute atomic E-state index is 13.5. The van der Waals surface area contributed by atoms with E-state index in [0.29, 0.717) is 31.1 Å². The first kappa shape index (κ1) is 22.2. The Morgan fingerprint density at radius 1 is 1.23 bits per heavy atom. The number of alkyl halides is 3. The lowest BCUT2D eigenvalue weighted by molar-refractivity contribution is -0.137. The van der Waals surface area contributed by atoms with Crippen LogP contribution in [-0.4, -0.2) is 44.3 Å². The Balaban J connectivity index is 2.11. The first-order valence-electron chi connectivity index (χ1n) is 9.41. The normalized spacial score (nSPS) is 16.5. The van der Waals surface area contributed by atoms with E-state index in [1.807, 2.05) is 19.0 Å². The largest absolute Gasteiger partial charge is 0.493 e. The number of hydrogen-bond acceptors (Lipinski definition) is 4. The lowest BCUT2D eigenvalue weighted by atomic mass is 10.1. The standard InChI is InChI=1S/C21H22ClF3N2O3/c1-4-29-16-6-5-7-17-19(16)20(28)27(18(30-17)10-11-26(2)3)13-8-9-15(22)14(12-13)21(23,24)25/h5-9,12,18H,4,10-11H2,1-3H3. The van der Waals surface area contributed by atoms with Gasteiger partial charge in [-0.05, 0) is 51.4 Å². The Morgan fingerprint density at radius 2 is 1.97 bits per heavy atom. The van der Waals surface area contributed by atoms with Crippen LogP contribution in [0.3, 0.4) is 0 Å². The lowest BCUT2D eigenvalue weighted by Crippen LogP contribution is -2.49. The summed E-state index contributed by atoms with van der Waals surface area (Å²) in [5.41, 5.74) is -0.772. The fraction of sp³-hybridized carbons (Fsp3) is 0.381. The van der Waals surface area contributed by atoms with Gasteiger partial charge in [-0.2, -0.15) is 13.2 Å². The van der Waals surface area contributed by atoms with Crippen LogP contribution < -0.4 is 14.4 Å². The van der Waals surface area contributed by atoms with Gasteiger partial charge in [-0.3, -0.25) is 9.69 Å². The Labute approximate surface area is 177 Å². The van der Waals surface area contributed by atoms with Crippen molar-refractivity contribution in [2.45, 2.75) is 25.7 Å². The van der Waals surface area contributed by atoms with Crippen molar-refractivity contribution in [1.82, 2.24) is 4.90 Å². The molecule has 1 aliphatic heterocycles. The van der Waals surface area contributed by atoms with Gasteiger partial charge in [-0.15, -0.1) is 0 Å². The van der Waals surface area contributed by atoms with E-state index in [1.165, 1.54) is 11.0 Å². The van der Waals surface area contributed by atoms with Crippen molar-refractivity contribution in [3.63, 3.8) is 0 Å². The molecule has 1 amide bonds. The van der Waals surface area contributed by atoms with E-state index < -0.39 is 28.9 Å². The molecular weight excluding hydrogens is 421 g/mol. The van der Waals surface area contributed by atoms with E-state index >= 15 is 0 Å². The quantitative estimate of drug-likeness (QED) is 0.626. The van der Waals surface area contributed by atoms with Crippen LogP contribution >= 0.6 is 11.6 Å². The van der Waals surface area contributed by atoms with Crippen LogP contribution in [0.5, 0.6) is 11.5 Å². The van der Waals surface area contributed by atoms with Crippen LogP contribution in [0.25, 0.3) is 0 Å². The molecule has 0 N–H and O–H groups in total. The zero-order valence-corrected chi connectivity index (χ0v) is 17.5. The zero-order chi connectivity index (χ0) is 22.1. The summed E-state index contributed by atoms with van der Waals surface area (Å²) in [5.74, 6) is 0.177. The summed E-state index contributed by atoms with van der Waals surface area (Å²) in [4.78, 5) is 16.6. The molecular formula is C21H22ClF3N2O3. The average molecular weight is 443 g/mol. The topological polar surface area (TPSA) is 42.0 Å². The minimum Gasteiger partial charge on any atom is -0.493 e.